The number of piperidine rings is 1. The first-order valence-corrected chi connectivity index (χ1v) is 8.04. The molecule has 2 fully saturated rings. The first kappa shape index (κ1) is 16.3. The predicted octanol–water partition coefficient (Wildman–Crippen LogP) is -0.697. The van der Waals surface area contributed by atoms with Gasteiger partial charge in [-0.15, -0.1) is 12.4 Å². The van der Waals surface area contributed by atoms with E-state index < -0.39 is 10.0 Å². The molecule has 2 atom stereocenters. The predicted molar refractivity (Wildman–Crippen MR) is 80.0 cm³/mol. The summed E-state index contributed by atoms with van der Waals surface area (Å²) in [6.07, 6.45) is 1.46. The molecule has 1 aliphatic heterocycles. The van der Waals surface area contributed by atoms with Gasteiger partial charge in [0.15, 0.2) is 0 Å². The molecule has 1 aliphatic carbocycles. The lowest BCUT2D eigenvalue weighted by atomic mass is 10.4. The minimum absolute atomic E-state index is 0. The second kappa shape index (κ2) is 5.60. The molecule has 2 heterocycles. The monoisotopic (exact) mass is 334 g/mol. The zero-order chi connectivity index (χ0) is 14.5. The summed E-state index contributed by atoms with van der Waals surface area (Å²) in [4.78, 5) is 11.7. The zero-order valence-corrected chi connectivity index (χ0v) is 13.4. The van der Waals surface area contributed by atoms with Crippen molar-refractivity contribution < 1.29 is 13.2 Å². The van der Waals surface area contributed by atoms with Crippen molar-refractivity contribution in [1.82, 2.24) is 19.9 Å². The van der Waals surface area contributed by atoms with Crippen LogP contribution in [0.1, 0.15) is 10.5 Å². The number of hydrogen-bond acceptors (Lipinski definition) is 4. The Bertz CT molecular complexity index is 647. The summed E-state index contributed by atoms with van der Waals surface area (Å²) >= 11 is 0. The van der Waals surface area contributed by atoms with Crippen LogP contribution in [-0.4, -0.2) is 45.1 Å². The lowest BCUT2D eigenvalue weighted by Gasteiger charge is -2.07. The fraction of sp³-hybridized carbons (Fsp3) is 0.583. The number of nitrogens with zero attached hydrogens (tertiary/aromatic N) is 1. The molecule has 1 aromatic rings. The van der Waals surface area contributed by atoms with Gasteiger partial charge in [0.05, 0.1) is 0 Å². The number of sulfonamides is 1. The van der Waals surface area contributed by atoms with Crippen molar-refractivity contribution in [2.45, 2.75) is 10.9 Å². The Balaban J connectivity index is 0.00000161. The Hall–Kier alpha value is -1.09. The van der Waals surface area contributed by atoms with Gasteiger partial charge in [-0.1, -0.05) is 0 Å². The van der Waals surface area contributed by atoms with Crippen molar-refractivity contribution >= 4 is 28.3 Å². The van der Waals surface area contributed by atoms with E-state index in [0.717, 1.165) is 13.1 Å². The van der Waals surface area contributed by atoms with E-state index in [-0.39, 0.29) is 29.3 Å². The molecule has 0 bridgehead atoms. The van der Waals surface area contributed by atoms with Crippen LogP contribution < -0.4 is 15.4 Å². The maximum Gasteiger partial charge on any atom is 0.267 e. The Morgan fingerprint density at radius 2 is 2.00 bits per heavy atom. The molecular weight excluding hydrogens is 316 g/mol. The number of rotatable bonds is 4. The molecule has 1 amide bonds. The van der Waals surface area contributed by atoms with E-state index in [9.17, 15) is 13.2 Å². The van der Waals surface area contributed by atoms with E-state index in [2.05, 4.69) is 15.4 Å². The van der Waals surface area contributed by atoms with Crippen LogP contribution in [0.5, 0.6) is 0 Å². The third-order valence-corrected chi connectivity index (χ3v) is 5.56. The SMILES string of the molecule is CNC(=O)c1cc(S(=O)(=O)NC2C3CNCC32)cn1C.Cl. The summed E-state index contributed by atoms with van der Waals surface area (Å²) in [5, 5.41) is 5.71. The van der Waals surface area contributed by atoms with E-state index in [1.165, 1.54) is 23.9 Å². The number of nitrogens with one attached hydrogen (secondary N) is 3. The molecule has 118 valence electrons. The average Bonchev–Trinajstić information content (AvgIpc) is 2.83. The Morgan fingerprint density at radius 3 is 2.57 bits per heavy atom. The number of carbonyl (C=O) groups is 1. The second-order valence-corrected chi connectivity index (χ2v) is 7.10. The summed E-state index contributed by atoms with van der Waals surface area (Å²) in [7, 11) is -0.395. The lowest BCUT2D eigenvalue weighted by Crippen LogP contribution is -2.32. The van der Waals surface area contributed by atoms with Gasteiger partial charge in [-0.2, -0.15) is 0 Å². The fourth-order valence-corrected chi connectivity index (χ4v) is 4.28. The number of aryl methyl sites for hydroxylation is 1. The highest BCUT2D eigenvalue weighted by atomic mass is 35.5. The molecule has 2 aliphatic rings. The van der Waals surface area contributed by atoms with Gasteiger partial charge in [0.1, 0.15) is 10.6 Å². The van der Waals surface area contributed by atoms with Gasteiger partial charge < -0.3 is 15.2 Å². The van der Waals surface area contributed by atoms with Crippen LogP contribution in [0.25, 0.3) is 0 Å². The van der Waals surface area contributed by atoms with Crippen molar-refractivity contribution in [3.05, 3.63) is 18.0 Å². The van der Waals surface area contributed by atoms with Crippen LogP contribution in [0.3, 0.4) is 0 Å². The molecule has 0 aromatic carbocycles. The first-order chi connectivity index (χ1) is 9.44. The Labute approximate surface area is 129 Å². The highest BCUT2D eigenvalue weighted by Crippen LogP contribution is 2.42. The number of halogens is 1. The highest BCUT2D eigenvalue weighted by Gasteiger charge is 2.54. The highest BCUT2D eigenvalue weighted by molar-refractivity contribution is 7.89. The number of fused-ring (bicyclic) bond motifs is 1. The van der Waals surface area contributed by atoms with Gasteiger partial charge in [0.2, 0.25) is 10.0 Å². The van der Waals surface area contributed by atoms with Crippen LogP contribution in [0.15, 0.2) is 17.2 Å². The molecule has 9 heteroatoms. The molecule has 0 radical (unpaired) electrons. The van der Waals surface area contributed by atoms with Gasteiger partial charge in [-0.25, -0.2) is 13.1 Å². The van der Waals surface area contributed by atoms with Crippen LogP contribution in [-0.2, 0) is 17.1 Å². The number of amides is 1. The Kier molecular flexibility index (Phi) is 4.34. The van der Waals surface area contributed by atoms with E-state index in [0.29, 0.717) is 17.5 Å². The normalized spacial score (nSPS) is 26.9. The molecule has 2 unspecified atom stereocenters. The molecule has 1 aromatic heterocycles. The zero-order valence-electron chi connectivity index (χ0n) is 11.8. The van der Waals surface area contributed by atoms with Gasteiger partial charge >= 0.3 is 0 Å². The molecule has 1 saturated carbocycles. The number of aromatic nitrogens is 1. The lowest BCUT2D eigenvalue weighted by molar-refractivity contribution is 0.0955. The topological polar surface area (TPSA) is 92.2 Å². The largest absolute Gasteiger partial charge is 0.354 e. The van der Waals surface area contributed by atoms with Gasteiger partial charge in [-0.3, -0.25) is 4.79 Å². The molecule has 3 N–H and O–H groups in total. The molecule has 0 spiro atoms. The summed E-state index contributed by atoms with van der Waals surface area (Å²) in [5.74, 6) is 0.514. The van der Waals surface area contributed by atoms with Crippen LogP contribution >= 0.6 is 12.4 Å². The molecule has 3 rings (SSSR count). The van der Waals surface area contributed by atoms with Crippen molar-refractivity contribution in [2.75, 3.05) is 20.1 Å². The maximum absolute atomic E-state index is 12.3. The average molecular weight is 335 g/mol. The van der Waals surface area contributed by atoms with E-state index in [4.69, 9.17) is 0 Å². The summed E-state index contributed by atoms with van der Waals surface area (Å²) < 4.78 is 28.9. The standard InChI is InChI=1S/C12H18N4O3S.ClH/c1-13-12(17)10-3-7(6-16(10)2)20(18,19)15-11-8-4-14-5-9(8)11;/h3,6,8-9,11,14-15H,4-5H2,1-2H3,(H,13,17);1H. The number of carbonyl (C=O) groups excluding carboxylic acids is 1. The summed E-state index contributed by atoms with van der Waals surface area (Å²) in [6.45, 7) is 1.74. The summed E-state index contributed by atoms with van der Waals surface area (Å²) in [5.41, 5.74) is 0.325. The quantitative estimate of drug-likeness (QED) is 0.679. The van der Waals surface area contributed by atoms with Gasteiger partial charge in [-0.05, 0) is 31.0 Å². The van der Waals surface area contributed by atoms with E-state index in [1.54, 1.807) is 7.05 Å². The van der Waals surface area contributed by atoms with Crippen LogP contribution in [0.4, 0.5) is 0 Å². The first-order valence-electron chi connectivity index (χ1n) is 6.55. The van der Waals surface area contributed by atoms with Crippen molar-refractivity contribution in [1.29, 1.82) is 0 Å². The van der Waals surface area contributed by atoms with Crippen LogP contribution in [0.2, 0.25) is 0 Å². The van der Waals surface area contributed by atoms with Crippen molar-refractivity contribution in [3.8, 4) is 0 Å². The van der Waals surface area contributed by atoms with E-state index in [1.807, 2.05) is 0 Å². The minimum Gasteiger partial charge on any atom is -0.354 e. The molecule has 7 nitrogen and oxygen atoms in total. The molecular formula is C12H19ClN4O3S. The number of hydrogen-bond donors (Lipinski definition) is 3. The van der Waals surface area contributed by atoms with Gasteiger partial charge in [0, 0.05) is 26.3 Å². The fourth-order valence-electron chi connectivity index (χ4n) is 2.88. The maximum atomic E-state index is 12.3. The van der Waals surface area contributed by atoms with E-state index >= 15 is 0 Å². The third kappa shape index (κ3) is 2.80. The second-order valence-electron chi connectivity index (χ2n) is 5.38. The molecule has 21 heavy (non-hydrogen) atoms. The summed E-state index contributed by atoms with van der Waals surface area (Å²) in [6, 6.07) is 1.43. The van der Waals surface area contributed by atoms with Crippen molar-refractivity contribution in [2.24, 2.45) is 18.9 Å². The Morgan fingerprint density at radius 1 is 1.38 bits per heavy atom. The molecule has 1 saturated heterocycles. The minimum atomic E-state index is -3.56. The van der Waals surface area contributed by atoms with Gasteiger partial charge in [0.25, 0.3) is 5.91 Å². The smallest absolute Gasteiger partial charge is 0.267 e. The van der Waals surface area contributed by atoms with Crippen molar-refractivity contribution in [3.63, 3.8) is 0 Å². The van der Waals surface area contributed by atoms with Crippen LogP contribution in [0, 0.1) is 11.8 Å². The third-order valence-electron chi connectivity index (χ3n) is 4.13.